The van der Waals surface area contributed by atoms with Crippen LogP contribution in [0.4, 0.5) is 0 Å². The van der Waals surface area contributed by atoms with Gasteiger partial charge in [0.15, 0.2) is 17.3 Å². The van der Waals surface area contributed by atoms with Gasteiger partial charge < -0.3 is 14.2 Å². The summed E-state index contributed by atoms with van der Waals surface area (Å²) in [5.74, 6) is 2.43. The van der Waals surface area contributed by atoms with Crippen molar-refractivity contribution in [3.63, 3.8) is 0 Å². The van der Waals surface area contributed by atoms with E-state index < -0.39 is 0 Å². The van der Waals surface area contributed by atoms with Gasteiger partial charge in [-0.25, -0.2) is 0 Å². The number of carbonyl (C=O) groups is 1. The number of carbonyl (C=O) groups excluding carboxylic acids is 1. The van der Waals surface area contributed by atoms with E-state index in [0.29, 0.717) is 0 Å². The number of hydrogen-bond donors (Lipinski definition) is 0. The molecule has 1 aliphatic rings. The van der Waals surface area contributed by atoms with Crippen LogP contribution in [0.3, 0.4) is 0 Å². The van der Waals surface area contributed by atoms with Crippen molar-refractivity contribution in [1.29, 1.82) is 0 Å². The fourth-order valence-electron chi connectivity index (χ4n) is 3.88. The Bertz CT molecular complexity index is 833. The molecule has 1 fully saturated rings. The molecule has 0 aromatic heterocycles. The molecule has 0 amide bonds. The van der Waals surface area contributed by atoms with Crippen LogP contribution in [0.25, 0.3) is 0 Å². The first-order valence-corrected chi connectivity index (χ1v) is 10.2. The molecular weight excluding hydrogens is 366 g/mol. The zero-order valence-electron chi connectivity index (χ0n) is 17.8. The van der Waals surface area contributed by atoms with Crippen molar-refractivity contribution >= 4 is 5.78 Å². The number of nitrogens with zero attached hydrogens (tertiary/aromatic N) is 1. The summed E-state index contributed by atoms with van der Waals surface area (Å²) in [6.45, 7) is 6.53. The van der Waals surface area contributed by atoms with Gasteiger partial charge in [-0.15, -0.1) is 0 Å². The van der Waals surface area contributed by atoms with Crippen LogP contribution in [0.2, 0.25) is 0 Å². The van der Waals surface area contributed by atoms with E-state index in [1.54, 1.807) is 14.2 Å². The van der Waals surface area contributed by atoms with E-state index in [2.05, 4.69) is 11.0 Å². The molecule has 0 saturated carbocycles. The molecule has 5 nitrogen and oxygen atoms in total. The smallest absolute Gasteiger partial charge is 0.167 e. The average molecular weight is 398 g/mol. The largest absolute Gasteiger partial charge is 0.493 e. The Balaban J connectivity index is 1.67. The Morgan fingerprint density at radius 2 is 1.90 bits per heavy atom. The summed E-state index contributed by atoms with van der Waals surface area (Å²) in [4.78, 5) is 15.4. The van der Waals surface area contributed by atoms with Crippen LogP contribution < -0.4 is 14.2 Å². The number of hydrogen-bond acceptors (Lipinski definition) is 5. The third-order valence-corrected chi connectivity index (χ3v) is 5.22. The van der Waals surface area contributed by atoms with Crippen molar-refractivity contribution in [3.8, 4) is 17.2 Å². The van der Waals surface area contributed by atoms with Crippen molar-refractivity contribution in [3.05, 3.63) is 53.6 Å². The molecule has 29 heavy (non-hydrogen) atoms. The predicted molar refractivity (Wildman–Crippen MR) is 114 cm³/mol. The lowest BCUT2D eigenvalue weighted by atomic mass is 9.89. The Labute approximate surface area is 173 Å². The van der Waals surface area contributed by atoms with Gasteiger partial charge in [0, 0.05) is 24.6 Å². The number of likely N-dealkylation sites (tertiary alicyclic amines) is 1. The van der Waals surface area contributed by atoms with E-state index in [0.717, 1.165) is 60.9 Å². The lowest BCUT2D eigenvalue weighted by Crippen LogP contribution is -2.38. The number of methoxy groups -OCH3 is 2. The topological polar surface area (TPSA) is 48.0 Å². The normalized spacial score (nSPS) is 17.2. The third-order valence-electron chi connectivity index (χ3n) is 5.22. The first-order valence-electron chi connectivity index (χ1n) is 10.2. The van der Waals surface area contributed by atoms with Gasteiger partial charge in [-0.1, -0.05) is 18.2 Å². The highest BCUT2D eigenvalue weighted by Gasteiger charge is 2.27. The van der Waals surface area contributed by atoms with Gasteiger partial charge in [0.05, 0.1) is 20.3 Å². The number of benzene rings is 2. The minimum absolute atomic E-state index is 0.0122. The molecule has 2 aromatic rings. The van der Waals surface area contributed by atoms with Crippen molar-refractivity contribution in [1.82, 2.24) is 4.90 Å². The molecule has 0 radical (unpaired) electrons. The van der Waals surface area contributed by atoms with Crippen LogP contribution in [0, 0.1) is 5.92 Å². The molecule has 156 valence electrons. The minimum atomic E-state index is 0.0122. The molecule has 3 rings (SSSR count). The highest BCUT2D eigenvalue weighted by molar-refractivity contribution is 5.98. The lowest BCUT2D eigenvalue weighted by molar-refractivity contribution is 0.0811. The van der Waals surface area contributed by atoms with Crippen LogP contribution in [-0.2, 0) is 6.54 Å². The molecular formula is C24H31NO4. The Kier molecular flexibility index (Phi) is 7.15. The summed E-state index contributed by atoms with van der Waals surface area (Å²) in [5.41, 5.74) is 1.89. The molecule has 1 atom stereocenters. The van der Waals surface area contributed by atoms with Gasteiger partial charge >= 0.3 is 0 Å². The van der Waals surface area contributed by atoms with Crippen LogP contribution in [0.15, 0.2) is 42.5 Å². The van der Waals surface area contributed by atoms with Crippen molar-refractivity contribution in [2.75, 3.05) is 27.3 Å². The van der Waals surface area contributed by atoms with Gasteiger partial charge in [0.2, 0.25) is 0 Å². The maximum Gasteiger partial charge on any atom is 0.167 e. The lowest BCUT2D eigenvalue weighted by Gasteiger charge is -2.32. The number of ether oxygens (including phenoxy) is 3. The zero-order valence-corrected chi connectivity index (χ0v) is 17.8. The quantitative estimate of drug-likeness (QED) is 0.610. The first-order chi connectivity index (χ1) is 14.0. The molecule has 1 heterocycles. The van der Waals surface area contributed by atoms with E-state index in [1.807, 2.05) is 50.2 Å². The van der Waals surface area contributed by atoms with E-state index in [9.17, 15) is 4.79 Å². The van der Waals surface area contributed by atoms with E-state index in [1.165, 1.54) is 0 Å². The first kappa shape index (κ1) is 21.2. The van der Waals surface area contributed by atoms with Crippen LogP contribution in [0.5, 0.6) is 17.2 Å². The molecule has 1 saturated heterocycles. The van der Waals surface area contributed by atoms with Crippen LogP contribution in [-0.4, -0.2) is 44.1 Å². The third kappa shape index (κ3) is 5.51. The summed E-state index contributed by atoms with van der Waals surface area (Å²) in [5, 5.41) is 0. The molecule has 0 bridgehead atoms. The van der Waals surface area contributed by atoms with Crippen LogP contribution >= 0.6 is 0 Å². The molecule has 0 N–H and O–H groups in total. The highest BCUT2D eigenvalue weighted by atomic mass is 16.5. The summed E-state index contributed by atoms with van der Waals surface area (Å²) in [7, 11) is 3.29. The predicted octanol–water partition coefficient (Wildman–Crippen LogP) is 4.59. The summed E-state index contributed by atoms with van der Waals surface area (Å²) in [6, 6.07) is 13.6. The zero-order chi connectivity index (χ0) is 20.8. The van der Waals surface area contributed by atoms with Gasteiger partial charge in [0.25, 0.3) is 0 Å². The number of rotatable bonds is 8. The second-order valence-corrected chi connectivity index (χ2v) is 7.82. The van der Waals surface area contributed by atoms with Gasteiger partial charge in [-0.2, -0.15) is 0 Å². The fraction of sp³-hybridized carbons (Fsp3) is 0.458. The van der Waals surface area contributed by atoms with Crippen molar-refractivity contribution in [2.45, 2.75) is 39.3 Å². The maximum absolute atomic E-state index is 13.1. The van der Waals surface area contributed by atoms with Gasteiger partial charge in [0.1, 0.15) is 5.75 Å². The monoisotopic (exact) mass is 397 g/mol. The molecule has 1 aliphatic heterocycles. The van der Waals surface area contributed by atoms with E-state index in [4.69, 9.17) is 14.2 Å². The highest BCUT2D eigenvalue weighted by Crippen LogP contribution is 2.29. The van der Waals surface area contributed by atoms with E-state index >= 15 is 0 Å². The molecule has 0 unspecified atom stereocenters. The summed E-state index contributed by atoms with van der Waals surface area (Å²) >= 11 is 0. The Hall–Kier alpha value is -2.53. The molecule has 0 aliphatic carbocycles. The van der Waals surface area contributed by atoms with Gasteiger partial charge in [-0.3, -0.25) is 9.69 Å². The average Bonchev–Trinajstić information content (AvgIpc) is 2.73. The SMILES string of the molecule is COc1ccc(CN2CCC[C@@H](C(=O)c3cccc(OC(C)C)c3)C2)cc1OC. The van der Waals surface area contributed by atoms with Gasteiger partial charge in [-0.05, 0) is 63.1 Å². The Morgan fingerprint density at radius 1 is 1.10 bits per heavy atom. The maximum atomic E-state index is 13.1. The Morgan fingerprint density at radius 3 is 2.62 bits per heavy atom. The number of Topliss-reactive ketones (excluding diaryl/α,β-unsaturated/α-hetero) is 1. The minimum Gasteiger partial charge on any atom is -0.493 e. The molecule has 2 aromatic carbocycles. The number of piperidine rings is 1. The number of ketones is 1. The molecule has 0 spiro atoms. The standard InChI is InChI=1S/C24H31NO4/c1-17(2)29-21-9-5-7-19(14-21)24(26)20-8-6-12-25(16-20)15-18-10-11-22(27-3)23(13-18)28-4/h5,7,9-11,13-14,17,20H,6,8,12,15-16H2,1-4H3/t20-/m1/s1. The second-order valence-electron chi connectivity index (χ2n) is 7.82. The van der Waals surface area contributed by atoms with Crippen molar-refractivity contribution in [2.24, 2.45) is 5.92 Å². The summed E-state index contributed by atoms with van der Waals surface area (Å²) < 4.78 is 16.5. The van der Waals surface area contributed by atoms with Crippen molar-refractivity contribution < 1.29 is 19.0 Å². The summed E-state index contributed by atoms with van der Waals surface area (Å²) in [6.07, 6.45) is 2.04. The fourth-order valence-corrected chi connectivity index (χ4v) is 3.88. The van der Waals surface area contributed by atoms with Crippen LogP contribution in [0.1, 0.15) is 42.6 Å². The second kappa shape index (κ2) is 9.79. The molecule has 5 heteroatoms. The van der Waals surface area contributed by atoms with E-state index in [-0.39, 0.29) is 17.8 Å².